The molecule has 2 aromatic carbocycles. The molecule has 4 rings (SSSR count). The van der Waals surface area contributed by atoms with Gasteiger partial charge >= 0.3 is 0 Å². The van der Waals surface area contributed by atoms with Crippen molar-refractivity contribution in [2.24, 2.45) is 5.34 Å². The first-order valence-corrected chi connectivity index (χ1v) is 10.7. The SMILES string of the molecule is CC(C)(C)ON=O.Nc1ccc2c(c1)CCCC2=O.O=C1CCCc2cc(Cl)ccc21. The van der Waals surface area contributed by atoms with Crippen LogP contribution in [0.25, 0.3) is 0 Å². The second-order valence-electron chi connectivity index (χ2n) is 8.55. The molecule has 0 aromatic heterocycles. The lowest BCUT2D eigenvalue weighted by atomic mass is 9.90. The van der Waals surface area contributed by atoms with Crippen molar-refractivity contribution >= 4 is 28.9 Å². The minimum absolute atomic E-state index is 0.257. The van der Waals surface area contributed by atoms with Crippen LogP contribution in [-0.2, 0) is 17.7 Å². The number of hydrogen-bond donors (Lipinski definition) is 1. The number of nitrogens with two attached hydrogens (primary N) is 1. The Balaban J connectivity index is 0.000000173. The number of carbonyl (C=O) groups is 2. The smallest absolute Gasteiger partial charge is 0.163 e. The van der Waals surface area contributed by atoms with E-state index in [1.165, 1.54) is 0 Å². The van der Waals surface area contributed by atoms with Gasteiger partial charge < -0.3 is 10.6 Å². The van der Waals surface area contributed by atoms with Crippen LogP contribution in [0.15, 0.2) is 41.7 Å². The van der Waals surface area contributed by atoms with E-state index in [1.807, 2.05) is 24.3 Å². The first kappa shape index (κ1) is 24.5. The number of Topliss-reactive ketones (excluding diaryl/α,β-unsaturated/α-hetero) is 2. The molecule has 2 aliphatic rings. The minimum atomic E-state index is -0.429. The quantitative estimate of drug-likeness (QED) is 0.324. The molecular weight excluding hydrogens is 416 g/mol. The van der Waals surface area contributed by atoms with Crippen LogP contribution in [0.4, 0.5) is 5.69 Å². The van der Waals surface area contributed by atoms with Crippen molar-refractivity contribution in [3.63, 3.8) is 0 Å². The van der Waals surface area contributed by atoms with Crippen LogP contribution in [-0.4, -0.2) is 17.2 Å². The molecular formula is C24H29ClN2O4. The average Bonchev–Trinajstić information content (AvgIpc) is 2.68. The van der Waals surface area contributed by atoms with E-state index in [0.29, 0.717) is 12.8 Å². The highest BCUT2D eigenvalue weighted by Gasteiger charge is 2.17. The Morgan fingerprint density at radius 1 is 0.871 bits per heavy atom. The van der Waals surface area contributed by atoms with Gasteiger partial charge in [0.15, 0.2) is 16.9 Å². The van der Waals surface area contributed by atoms with Gasteiger partial charge in [0.05, 0.1) is 0 Å². The Labute approximate surface area is 188 Å². The van der Waals surface area contributed by atoms with Gasteiger partial charge in [-0.15, -0.1) is 4.91 Å². The number of benzene rings is 2. The number of rotatable bonds is 1. The molecule has 0 aliphatic heterocycles. The zero-order chi connectivity index (χ0) is 23.0. The molecule has 0 amide bonds. The lowest BCUT2D eigenvalue weighted by molar-refractivity contribution is -0.00230. The topological polar surface area (TPSA) is 98.8 Å². The molecule has 0 radical (unpaired) electrons. The molecule has 166 valence electrons. The van der Waals surface area contributed by atoms with Gasteiger partial charge in [-0.1, -0.05) is 11.6 Å². The van der Waals surface area contributed by atoms with E-state index in [2.05, 4.69) is 10.2 Å². The standard InChI is InChI=1S/C10H9ClO.C10H11NO.C4H9NO2/c2*11-8-4-5-9-7(6-8)2-1-3-10(9)12;1-4(2,3)7-5-6/h4-6H,1-3H2;4-6H,1-3,11H2;1-3H3. The summed E-state index contributed by atoms with van der Waals surface area (Å²) in [6, 6.07) is 11.1. The van der Waals surface area contributed by atoms with Gasteiger partial charge in [0, 0.05) is 34.7 Å². The Bertz CT molecular complexity index is 884. The second kappa shape index (κ2) is 11.0. The first-order chi connectivity index (χ1) is 14.6. The van der Waals surface area contributed by atoms with Gasteiger partial charge in [0.25, 0.3) is 0 Å². The van der Waals surface area contributed by atoms with Gasteiger partial charge in [-0.05, 0) is 94.0 Å². The predicted octanol–water partition coefficient (Wildman–Crippen LogP) is 6.13. The molecule has 0 atom stereocenters. The Morgan fingerprint density at radius 2 is 1.39 bits per heavy atom. The van der Waals surface area contributed by atoms with Crippen LogP contribution in [0.5, 0.6) is 0 Å². The zero-order valence-corrected chi connectivity index (χ0v) is 19.0. The van der Waals surface area contributed by atoms with Crippen molar-refractivity contribution < 1.29 is 14.4 Å². The molecule has 0 heterocycles. The summed E-state index contributed by atoms with van der Waals surface area (Å²) in [6.45, 7) is 5.28. The molecule has 31 heavy (non-hydrogen) atoms. The number of nitrogen functional groups attached to an aromatic ring is 1. The number of hydrogen-bond acceptors (Lipinski definition) is 6. The van der Waals surface area contributed by atoms with E-state index in [-0.39, 0.29) is 11.6 Å². The number of fused-ring (bicyclic) bond motifs is 2. The van der Waals surface area contributed by atoms with Crippen LogP contribution in [0, 0.1) is 4.91 Å². The van der Waals surface area contributed by atoms with Crippen LogP contribution < -0.4 is 5.73 Å². The van der Waals surface area contributed by atoms with E-state index in [0.717, 1.165) is 58.6 Å². The van der Waals surface area contributed by atoms with Crippen LogP contribution in [0.1, 0.15) is 78.3 Å². The molecule has 2 aliphatic carbocycles. The molecule has 0 fully saturated rings. The Hall–Kier alpha value is -2.73. The number of nitrogens with zero attached hydrogens (tertiary/aromatic N) is 1. The van der Waals surface area contributed by atoms with Crippen molar-refractivity contribution in [2.75, 3.05) is 5.73 Å². The van der Waals surface area contributed by atoms with Gasteiger partial charge in [-0.2, -0.15) is 0 Å². The summed E-state index contributed by atoms with van der Waals surface area (Å²) in [7, 11) is 0. The summed E-state index contributed by atoms with van der Waals surface area (Å²) in [5.74, 6) is 0.518. The van der Waals surface area contributed by atoms with E-state index < -0.39 is 5.60 Å². The van der Waals surface area contributed by atoms with Gasteiger partial charge in [0.1, 0.15) is 5.60 Å². The van der Waals surface area contributed by atoms with Crippen molar-refractivity contribution in [1.29, 1.82) is 0 Å². The number of carbonyl (C=O) groups excluding carboxylic acids is 2. The number of anilines is 1. The second-order valence-corrected chi connectivity index (χ2v) is 8.99. The normalized spacial score (nSPS) is 14.7. The predicted molar refractivity (Wildman–Crippen MR) is 123 cm³/mol. The lowest BCUT2D eigenvalue weighted by Crippen LogP contribution is -2.14. The van der Waals surface area contributed by atoms with Crippen LogP contribution >= 0.6 is 11.6 Å². The molecule has 0 saturated heterocycles. The third-order valence-electron chi connectivity index (χ3n) is 4.81. The molecule has 0 saturated carbocycles. The Kier molecular flexibility index (Phi) is 8.75. The molecule has 2 aromatic rings. The fourth-order valence-electron chi connectivity index (χ4n) is 3.39. The summed E-state index contributed by atoms with van der Waals surface area (Å²) in [4.78, 5) is 36.4. The van der Waals surface area contributed by atoms with E-state index >= 15 is 0 Å². The maximum atomic E-state index is 11.4. The summed E-state index contributed by atoms with van der Waals surface area (Å²) in [6.07, 6.45) is 5.29. The molecule has 0 unspecified atom stereocenters. The summed E-state index contributed by atoms with van der Waals surface area (Å²) in [5, 5.41) is 2.98. The summed E-state index contributed by atoms with van der Waals surface area (Å²) < 4.78 is 0. The maximum absolute atomic E-state index is 11.4. The fourth-order valence-corrected chi connectivity index (χ4v) is 3.59. The number of halogens is 1. The lowest BCUT2D eigenvalue weighted by Gasteiger charge is -2.14. The average molecular weight is 445 g/mol. The van der Waals surface area contributed by atoms with Crippen molar-refractivity contribution in [1.82, 2.24) is 0 Å². The van der Waals surface area contributed by atoms with Crippen molar-refractivity contribution in [3.8, 4) is 0 Å². The van der Waals surface area contributed by atoms with Crippen LogP contribution in [0.2, 0.25) is 5.02 Å². The third kappa shape index (κ3) is 7.79. The fraction of sp³-hybridized carbons (Fsp3) is 0.417. The molecule has 0 spiro atoms. The molecule has 0 bridgehead atoms. The minimum Gasteiger partial charge on any atom is -0.399 e. The number of aryl methyl sites for hydroxylation is 2. The maximum Gasteiger partial charge on any atom is 0.163 e. The molecule has 7 heteroatoms. The highest BCUT2D eigenvalue weighted by atomic mass is 35.5. The van der Waals surface area contributed by atoms with Crippen LogP contribution in [0.3, 0.4) is 0 Å². The van der Waals surface area contributed by atoms with E-state index in [4.69, 9.17) is 17.3 Å². The summed E-state index contributed by atoms with van der Waals surface area (Å²) >= 11 is 5.81. The first-order valence-electron chi connectivity index (χ1n) is 10.3. The Morgan fingerprint density at radius 3 is 1.87 bits per heavy atom. The van der Waals surface area contributed by atoms with Crippen molar-refractivity contribution in [2.45, 2.75) is 64.9 Å². The zero-order valence-electron chi connectivity index (χ0n) is 18.2. The molecule has 2 N–H and O–H groups in total. The summed E-state index contributed by atoms with van der Waals surface area (Å²) in [5.41, 5.74) is 9.90. The largest absolute Gasteiger partial charge is 0.399 e. The van der Waals surface area contributed by atoms with E-state index in [1.54, 1.807) is 32.9 Å². The number of ketones is 2. The highest BCUT2D eigenvalue weighted by Crippen LogP contribution is 2.24. The third-order valence-corrected chi connectivity index (χ3v) is 5.04. The van der Waals surface area contributed by atoms with Gasteiger partial charge in [-0.25, -0.2) is 0 Å². The van der Waals surface area contributed by atoms with E-state index in [9.17, 15) is 14.5 Å². The molecule has 6 nitrogen and oxygen atoms in total. The highest BCUT2D eigenvalue weighted by molar-refractivity contribution is 6.30. The van der Waals surface area contributed by atoms with Gasteiger partial charge in [0.2, 0.25) is 0 Å². The monoisotopic (exact) mass is 444 g/mol. The van der Waals surface area contributed by atoms with Gasteiger partial charge in [-0.3, -0.25) is 9.59 Å². The van der Waals surface area contributed by atoms with Crippen molar-refractivity contribution in [3.05, 3.63) is 68.6 Å².